The zero-order chi connectivity index (χ0) is 12.2. The topological polar surface area (TPSA) is 37.4 Å². The molecule has 2 fully saturated rings. The lowest BCUT2D eigenvalue weighted by molar-refractivity contribution is 0.0641. The molecule has 18 heavy (non-hydrogen) atoms. The molecule has 3 rings (SSSR count). The van der Waals surface area contributed by atoms with Crippen molar-refractivity contribution >= 4 is 0 Å². The van der Waals surface area contributed by atoms with Crippen LogP contribution in [0.1, 0.15) is 12.8 Å². The fourth-order valence-corrected chi connectivity index (χ4v) is 2.95. The van der Waals surface area contributed by atoms with Crippen LogP contribution in [-0.2, 0) is 0 Å². The molecule has 0 saturated carbocycles. The minimum Gasteiger partial charge on any atom is -0.477 e. The van der Waals surface area contributed by atoms with E-state index in [2.05, 4.69) is 15.2 Å². The van der Waals surface area contributed by atoms with Crippen LogP contribution in [0.3, 0.4) is 0 Å². The molecule has 4 heteroatoms. The highest BCUT2D eigenvalue weighted by Gasteiger charge is 2.30. The first-order chi connectivity index (χ1) is 8.92. The number of ether oxygens (including phenoxy) is 1. The Labute approximate surface area is 108 Å². The number of fused-ring (bicyclic) bond motifs is 1. The fraction of sp³-hybridized carbons (Fsp3) is 0.643. The average Bonchev–Trinajstić information content (AvgIpc) is 2.46. The van der Waals surface area contributed by atoms with Crippen molar-refractivity contribution in [1.82, 2.24) is 15.2 Å². The third kappa shape index (κ3) is 2.82. The van der Waals surface area contributed by atoms with Crippen LogP contribution in [0, 0.1) is 5.92 Å². The molecule has 0 aromatic carbocycles. The molecule has 0 bridgehead atoms. The summed E-state index contributed by atoms with van der Waals surface area (Å²) in [6.45, 7) is 5.45. The Bertz CT molecular complexity index is 371. The predicted octanol–water partition coefficient (Wildman–Crippen LogP) is 1.14. The number of nitrogens with one attached hydrogen (secondary N) is 1. The third-order valence-corrected chi connectivity index (χ3v) is 3.98. The number of aromatic nitrogens is 1. The summed E-state index contributed by atoms with van der Waals surface area (Å²) in [6, 6.07) is 6.56. The Balaban J connectivity index is 1.49. The number of piperidine rings is 1. The monoisotopic (exact) mass is 247 g/mol. The van der Waals surface area contributed by atoms with Crippen molar-refractivity contribution in [2.45, 2.75) is 18.9 Å². The Hall–Kier alpha value is -1.13. The SMILES string of the molecule is c1ccc(OC[C@@H]2CC[C@H]3CNCCN3C2)nc1. The molecule has 0 aliphatic carbocycles. The van der Waals surface area contributed by atoms with Gasteiger partial charge in [0.25, 0.3) is 0 Å². The first kappa shape index (κ1) is 11.9. The van der Waals surface area contributed by atoms with E-state index in [1.54, 1.807) is 6.20 Å². The van der Waals surface area contributed by atoms with Crippen molar-refractivity contribution in [3.05, 3.63) is 24.4 Å². The van der Waals surface area contributed by atoms with E-state index in [1.807, 2.05) is 18.2 Å². The molecule has 3 heterocycles. The van der Waals surface area contributed by atoms with E-state index in [9.17, 15) is 0 Å². The average molecular weight is 247 g/mol. The van der Waals surface area contributed by atoms with Crippen LogP contribution in [0.5, 0.6) is 5.88 Å². The smallest absolute Gasteiger partial charge is 0.213 e. The highest BCUT2D eigenvalue weighted by Crippen LogP contribution is 2.23. The largest absolute Gasteiger partial charge is 0.477 e. The van der Waals surface area contributed by atoms with E-state index in [4.69, 9.17) is 4.74 Å². The molecule has 1 aromatic rings. The van der Waals surface area contributed by atoms with Gasteiger partial charge in [0.05, 0.1) is 6.61 Å². The van der Waals surface area contributed by atoms with Crippen molar-refractivity contribution < 1.29 is 4.74 Å². The number of hydrogen-bond acceptors (Lipinski definition) is 4. The minimum atomic E-state index is 0.654. The Kier molecular flexibility index (Phi) is 3.76. The summed E-state index contributed by atoms with van der Waals surface area (Å²) in [5.74, 6) is 1.40. The molecular formula is C14H21N3O. The summed E-state index contributed by atoms with van der Waals surface area (Å²) in [4.78, 5) is 6.82. The van der Waals surface area contributed by atoms with Crippen molar-refractivity contribution in [1.29, 1.82) is 0 Å². The van der Waals surface area contributed by atoms with Gasteiger partial charge in [-0.25, -0.2) is 4.98 Å². The van der Waals surface area contributed by atoms with E-state index < -0.39 is 0 Å². The number of hydrogen-bond donors (Lipinski definition) is 1. The molecule has 1 aromatic heterocycles. The summed E-state index contributed by atoms with van der Waals surface area (Å²) in [5.41, 5.74) is 0. The zero-order valence-electron chi connectivity index (χ0n) is 10.7. The van der Waals surface area contributed by atoms with Crippen LogP contribution in [-0.4, -0.2) is 48.7 Å². The van der Waals surface area contributed by atoms with Gasteiger partial charge >= 0.3 is 0 Å². The molecule has 0 amide bonds. The van der Waals surface area contributed by atoms with Gasteiger partial charge in [0, 0.05) is 50.4 Å². The first-order valence-electron chi connectivity index (χ1n) is 6.90. The van der Waals surface area contributed by atoms with E-state index in [0.717, 1.165) is 31.6 Å². The van der Waals surface area contributed by atoms with Gasteiger partial charge in [-0.05, 0) is 18.9 Å². The Morgan fingerprint density at radius 1 is 1.39 bits per heavy atom. The van der Waals surface area contributed by atoms with Gasteiger partial charge in [0.2, 0.25) is 5.88 Å². The van der Waals surface area contributed by atoms with E-state index in [1.165, 1.54) is 25.9 Å². The van der Waals surface area contributed by atoms with Gasteiger partial charge in [0.1, 0.15) is 0 Å². The van der Waals surface area contributed by atoms with Crippen molar-refractivity contribution in [3.63, 3.8) is 0 Å². The maximum atomic E-state index is 5.77. The van der Waals surface area contributed by atoms with Crippen LogP contribution in [0.15, 0.2) is 24.4 Å². The van der Waals surface area contributed by atoms with Gasteiger partial charge < -0.3 is 10.1 Å². The normalized spacial score (nSPS) is 28.7. The van der Waals surface area contributed by atoms with Crippen LogP contribution in [0.2, 0.25) is 0 Å². The highest BCUT2D eigenvalue weighted by molar-refractivity contribution is 5.09. The molecule has 2 atom stereocenters. The Morgan fingerprint density at radius 2 is 2.39 bits per heavy atom. The van der Waals surface area contributed by atoms with Gasteiger partial charge in [-0.2, -0.15) is 0 Å². The van der Waals surface area contributed by atoms with Crippen LogP contribution in [0.25, 0.3) is 0 Å². The highest BCUT2D eigenvalue weighted by atomic mass is 16.5. The second-order valence-electron chi connectivity index (χ2n) is 5.28. The van der Waals surface area contributed by atoms with E-state index >= 15 is 0 Å². The van der Waals surface area contributed by atoms with Crippen molar-refractivity contribution in [2.75, 3.05) is 32.8 Å². The standard InChI is InChI=1S/C14H21N3O/c1-2-6-16-14(3-1)18-11-12-4-5-13-9-15-7-8-17(13)10-12/h1-3,6,12-13,15H,4-5,7-11H2/t12-,13+/m1/s1. The lowest BCUT2D eigenvalue weighted by atomic mass is 9.92. The molecule has 98 valence electrons. The molecule has 2 aliphatic rings. The predicted molar refractivity (Wildman–Crippen MR) is 70.7 cm³/mol. The molecule has 2 aliphatic heterocycles. The van der Waals surface area contributed by atoms with Crippen LogP contribution in [0.4, 0.5) is 0 Å². The number of pyridine rings is 1. The van der Waals surface area contributed by atoms with Crippen molar-refractivity contribution in [2.24, 2.45) is 5.92 Å². The summed E-state index contributed by atoms with van der Waals surface area (Å²) in [5, 5.41) is 3.47. The molecular weight excluding hydrogens is 226 g/mol. The number of rotatable bonds is 3. The van der Waals surface area contributed by atoms with Gasteiger partial charge in [-0.1, -0.05) is 6.07 Å². The van der Waals surface area contributed by atoms with Gasteiger partial charge in [-0.3, -0.25) is 4.90 Å². The quantitative estimate of drug-likeness (QED) is 0.869. The number of piperazine rings is 1. The lowest BCUT2D eigenvalue weighted by Gasteiger charge is -2.42. The van der Waals surface area contributed by atoms with Gasteiger partial charge in [0.15, 0.2) is 0 Å². The summed E-state index contributed by atoms with van der Waals surface area (Å²) < 4.78 is 5.77. The molecule has 0 unspecified atom stereocenters. The lowest BCUT2D eigenvalue weighted by Crippen LogP contribution is -2.55. The van der Waals surface area contributed by atoms with Crippen LogP contribution < -0.4 is 10.1 Å². The second-order valence-corrected chi connectivity index (χ2v) is 5.28. The minimum absolute atomic E-state index is 0.654. The first-order valence-corrected chi connectivity index (χ1v) is 6.90. The molecule has 2 saturated heterocycles. The maximum Gasteiger partial charge on any atom is 0.213 e. The zero-order valence-corrected chi connectivity index (χ0v) is 10.7. The van der Waals surface area contributed by atoms with Crippen LogP contribution >= 0.6 is 0 Å². The molecule has 0 spiro atoms. The van der Waals surface area contributed by atoms with Crippen molar-refractivity contribution in [3.8, 4) is 5.88 Å². The summed E-state index contributed by atoms with van der Waals surface area (Å²) >= 11 is 0. The van der Waals surface area contributed by atoms with E-state index in [0.29, 0.717) is 5.92 Å². The summed E-state index contributed by atoms with van der Waals surface area (Å²) in [6.07, 6.45) is 4.35. The summed E-state index contributed by atoms with van der Waals surface area (Å²) in [7, 11) is 0. The molecule has 4 nitrogen and oxygen atoms in total. The second kappa shape index (κ2) is 5.67. The van der Waals surface area contributed by atoms with Gasteiger partial charge in [-0.15, -0.1) is 0 Å². The fourth-order valence-electron chi connectivity index (χ4n) is 2.95. The number of nitrogens with zero attached hydrogens (tertiary/aromatic N) is 2. The molecule has 1 N–H and O–H groups in total. The Morgan fingerprint density at radius 3 is 3.28 bits per heavy atom. The van der Waals surface area contributed by atoms with E-state index in [-0.39, 0.29) is 0 Å². The maximum absolute atomic E-state index is 5.77. The third-order valence-electron chi connectivity index (χ3n) is 3.98. The molecule has 0 radical (unpaired) electrons.